The molecule has 2 aliphatic heterocycles. The summed E-state index contributed by atoms with van der Waals surface area (Å²) in [4.78, 5) is 25.9. The van der Waals surface area contributed by atoms with Crippen LogP contribution in [0.15, 0.2) is 18.2 Å². The van der Waals surface area contributed by atoms with Crippen LogP contribution < -0.4 is 4.90 Å². The van der Waals surface area contributed by atoms with Gasteiger partial charge in [0.15, 0.2) is 0 Å². The molecule has 0 saturated carbocycles. The number of hydrogen-bond donors (Lipinski definition) is 0. The van der Waals surface area contributed by atoms with Crippen molar-refractivity contribution in [1.82, 2.24) is 0 Å². The predicted molar refractivity (Wildman–Crippen MR) is 108 cm³/mol. The van der Waals surface area contributed by atoms with Gasteiger partial charge >= 0.3 is 5.97 Å². The van der Waals surface area contributed by atoms with Crippen LogP contribution in [0.1, 0.15) is 44.6 Å². The molecule has 0 radical (unpaired) electrons. The second-order valence-electron chi connectivity index (χ2n) is 7.74. The molecule has 29 heavy (non-hydrogen) atoms. The molecule has 0 spiro atoms. The van der Waals surface area contributed by atoms with E-state index in [4.69, 9.17) is 14.2 Å². The van der Waals surface area contributed by atoms with Crippen molar-refractivity contribution >= 4 is 17.3 Å². The molecular weight excluding hydrogens is 376 g/mol. The number of nitro benzene ring substituents is 1. The predicted octanol–water partition coefficient (Wildman–Crippen LogP) is 3.21. The summed E-state index contributed by atoms with van der Waals surface area (Å²) in [6.07, 6.45) is 3.18. The summed E-state index contributed by atoms with van der Waals surface area (Å²) < 4.78 is 15.8. The zero-order valence-corrected chi connectivity index (χ0v) is 17.2. The van der Waals surface area contributed by atoms with Crippen LogP contribution in [0.25, 0.3) is 0 Å². The SMILES string of the molecule is CCN(c1ccc(C2(CC(=O)OC)CCOCC2)cc1[N+](=O)[O-])C1CCOCC1. The Bertz CT molecular complexity index is 726. The van der Waals surface area contributed by atoms with E-state index in [1.807, 2.05) is 19.1 Å². The number of anilines is 1. The van der Waals surface area contributed by atoms with Crippen LogP contribution in [0.5, 0.6) is 0 Å². The normalized spacial score (nSPS) is 19.5. The minimum absolute atomic E-state index is 0.0894. The lowest BCUT2D eigenvalue weighted by Gasteiger charge is -2.38. The van der Waals surface area contributed by atoms with E-state index in [9.17, 15) is 14.9 Å². The Labute approximate surface area is 171 Å². The van der Waals surface area contributed by atoms with Crippen molar-refractivity contribution in [2.45, 2.75) is 50.5 Å². The monoisotopic (exact) mass is 406 g/mol. The Morgan fingerprint density at radius 1 is 1.24 bits per heavy atom. The number of benzene rings is 1. The van der Waals surface area contributed by atoms with Gasteiger partial charge in [0.1, 0.15) is 5.69 Å². The highest BCUT2D eigenvalue weighted by molar-refractivity contribution is 5.72. The third-order valence-electron chi connectivity index (χ3n) is 6.23. The van der Waals surface area contributed by atoms with Gasteiger partial charge in [-0.25, -0.2) is 0 Å². The van der Waals surface area contributed by atoms with E-state index < -0.39 is 5.41 Å². The number of nitro groups is 1. The van der Waals surface area contributed by atoms with Gasteiger partial charge in [0.25, 0.3) is 5.69 Å². The maximum atomic E-state index is 12.1. The molecule has 160 valence electrons. The molecule has 2 aliphatic rings. The Kier molecular flexibility index (Phi) is 7.08. The Morgan fingerprint density at radius 3 is 2.48 bits per heavy atom. The molecule has 0 aromatic heterocycles. The van der Waals surface area contributed by atoms with E-state index in [1.54, 1.807) is 6.07 Å². The molecule has 8 heteroatoms. The second kappa shape index (κ2) is 9.54. The van der Waals surface area contributed by atoms with Crippen LogP contribution in [0.2, 0.25) is 0 Å². The van der Waals surface area contributed by atoms with Gasteiger partial charge in [0.2, 0.25) is 0 Å². The molecule has 0 aliphatic carbocycles. The molecule has 2 fully saturated rings. The lowest BCUT2D eigenvalue weighted by molar-refractivity contribution is -0.384. The molecule has 2 heterocycles. The van der Waals surface area contributed by atoms with Gasteiger partial charge in [0, 0.05) is 50.5 Å². The van der Waals surface area contributed by atoms with Crippen molar-refractivity contribution in [1.29, 1.82) is 0 Å². The molecule has 2 saturated heterocycles. The quantitative estimate of drug-likeness (QED) is 0.390. The Morgan fingerprint density at radius 2 is 1.90 bits per heavy atom. The molecule has 3 rings (SSSR count). The molecule has 1 aromatic carbocycles. The van der Waals surface area contributed by atoms with Crippen LogP contribution in [0.4, 0.5) is 11.4 Å². The number of methoxy groups -OCH3 is 1. The van der Waals surface area contributed by atoms with Crippen LogP contribution in [0, 0.1) is 10.1 Å². The smallest absolute Gasteiger partial charge is 0.306 e. The van der Waals surface area contributed by atoms with E-state index in [0.717, 1.165) is 18.4 Å². The summed E-state index contributed by atoms with van der Waals surface area (Å²) in [5.41, 5.74) is 1.04. The summed E-state index contributed by atoms with van der Waals surface area (Å²) in [5.74, 6) is -0.309. The first-order valence-corrected chi connectivity index (χ1v) is 10.3. The van der Waals surface area contributed by atoms with Crippen molar-refractivity contribution in [3.05, 3.63) is 33.9 Å². The number of nitrogens with zero attached hydrogens (tertiary/aromatic N) is 2. The standard InChI is InChI=1S/C21H30N2O6/c1-3-22(17-6-10-28-11-7-17)18-5-4-16(14-19(18)23(25)26)21(15-20(24)27-2)8-12-29-13-9-21/h4-5,14,17H,3,6-13,15H2,1-2H3. The Balaban J connectivity index is 1.99. The first-order valence-electron chi connectivity index (χ1n) is 10.3. The van der Waals surface area contributed by atoms with Crippen molar-refractivity contribution in [2.24, 2.45) is 0 Å². The fraction of sp³-hybridized carbons (Fsp3) is 0.667. The number of rotatable bonds is 7. The minimum Gasteiger partial charge on any atom is -0.469 e. The maximum Gasteiger partial charge on any atom is 0.306 e. The fourth-order valence-corrected chi connectivity index (χ4v) is 4.54. The molecule has 0 N–H and O–H groups in total. The van der Waals surface area contributed by atoms with Crippen molar-refractivity contribution in [3.63, 3.8) is 0 Å². The highest BCUT2D eigenvalue weighted by Gasteiger charge is 2.39. The molecule has 0 bridgehead atoms. The van der Waals surface area contributed by atoms with Gasteiger partial charge < -0.3 is 19.1 Å². The molecule has 8 nitrogen and oxygen atoms in total. The van der Waals surface area contributed by atoms with Gasteiger partial charge in [-0.15, -0.1) is 0 Å². The molecule has 1 aromatic rings. The summed E-state index contributed by atoms with van der Waals surface area (Å²) >= 11 is 0. The Hall–Kier alpha value is -2.19. The van der Waals surface area contributed by atoms with E-state index in [1.165, 1.54) is 7.11 Å². The van der Waals surface area contributed by atoms with Gasteiger partial charge in [0.05, 0.1) is 18.5 Å². The zero-order valence-electron chi connectivity index (χ0n) is 17.2. The molecule has 0 unspecified atom stereocenters. The number of carbonyl (C=O) groups is 1. The van der Waals surface area contributed by atoms with Gasteiger partial charge in [-0.1, -0.05) is 6.07 Å². The highest BCUT2D eigenvalue weighted by atomic mass is 16.6. The molecular formula is C21H30N2O6. The largest absolute Gasteiger partial charge is 0.469 e. The van der Waals surface area contributed by atoms with Crippen molar-refractivity contribution in [2.75, 3.05) is 45.0 Å². The lowest BCUT2D eigenvalue weighted by atomic mass is 9.71. The van der Waals surface area contributed by atoms with Gasteiger partial charge in [-0.3, -0.25) is 14.9 Å². The second-order valence-corrected chi connectivity index (χ2v) is 7.74. The van der Waals surface area contributed by atoms with E-state index in [2.05, 4.69) is 4.90 Å². The summed E-state index contributed by atoms with van der Waals surface area (Å²) in [5, 5.41) is 12.0. The first kappa shape index (κ1) is 21.5. The molecule has 0 amide bonds. The number of hydrogen-bond acceptors (Lipinski definition) is 7. The first-order chi connectivity index (χ1) is 14.0. The average Bonchev–Trinajstić information content (AvgIpc) is 2.75. The topological polar surface area (TPSA) is 91.1 Å². The number of esters is 1. The lowest BCUT2D eigenvalue weighted by Crippen LogP contribution is -2.40. The van der Waals surface area contributed by atoms with Crippen LogP contribution >= 0.6 is 0 Å². The van der Waals surface area contributed by atoms with E-state index in [-0.39, 0.29) is 29.0 Å². The fourth-order valence-electron chi connectivity index (χ4n) is 4.54. The summed E-state index contributed by atoms with van der Waals surface area (Å²) in [7, 11) is 1.37. The third-order valence-corrected chi connectivity index (χ3v) is 6.23. The number of carbonyl (C=O) groups excluding carboxylic acids is 1. The van der Waals surface area contributed by atoms with Crippen molar-refractivity contribution < 1.29 is 23.9 Å². The number of ether oxygens (including phenoxy) is 3. The van der Waals surface area contributed by atoms with Crippen LogP contribution in [-0.2, 0) is 24.4 Å². The van der Waals surface area contributed by atoms with E-state index in [0.29, 0.717) is 51.5 Å². The zero-order chi connectivity index (χ0) is 20.9. The van der Waals surface area contributed by atoms with Crippen LogP contribution in [-0.4, -0.2) is 57.0 Å². The summed E-state index contributed by atoms with van der Waals surface area (Å²) in [6.45, 7) is 5.10. The third kappa shape index (κ3) is 4.70. The van der Waals surface area contributed by atoms with Crippen molar-refractivity contribution in [3.8, 4) is 0 Å². The van der Waals surface area contributed by atoms with Gasteiger partial charge in [-0.05, 0) is 44.2 Å². The average molecular weight is 406 g/mol. The van der Waals surface area contributed by atoms with Crippen LogP contribution in [0.3, 0.4) is 0 Å². The van der Waals surface area contributed by atoms with Gasteiger partial charge in [-0.2, -0.15) is 0 Å². The summed E-state index contributed by atoms with van der Waals surface area (Å²) in [6, 6.07) is 5.68. The molecule has 0 atom stereocenters. The minimum atomic E-state index is -0.496. The maximum absolute atomic E-state index is 12.1. The van der Waals surface area contributed by atoms with E-state index >= 15 is 0 Å². The highest BCUT2D eigenvalue weighted by Crippen LogP contribution is 2.42.